The molecule has 0 aromatic rings. The largest absolute Gasteiger partial charge is 0.106 e. The summed E-state index contributed by atoms with van der Waals surface area (Å²) >= 11 is 0. The molecule has 0 saturated heterocycles. The van der Waals surface area contributed by atoms with Crippen LogP contribution in [0.4, 0.5) is 0 Å². The maximum absolute atomic E-state index is 2.43. The second-order valence-electron chi connectivity index (χ2n) is 6.73. The van der Waals surface area contributed by atoms with Crippen molar-refractivity contribution in [3.05, 3.63) is 0 Å². The minimum absolute atomic E-state index is 0.519. The molecule has 0 amide bonds. The zero-order chi connectivity index (χ0) is 10.3. The molecule has 1 heteroatoms. The molecule has 1 fully saturated rings. The van der Waals surface area contributed by atoms with Gasteiger partial charge in [-0.1, -0.05) is 46.9 Å². The average molecular weight is 180 g/mol. The minimum atomic E-state index is 0.519. The predicted octanol–water partition coefficient (Wildman–Crippen LogP) is 3.28. The molecule has 1 aliphatic rings. The molecule has 0 radical (unpaired) electrons. The number of hydrogen-bond acceptors (Lipinski definition) is 0. The lowest BCUT2D eigenvalue weighted by molar-refractivity contribution is 0.112. The Balaban J connectivity index is 2.61. The van der Waals surface area contributed by atoms with E-state index in [9.17, 15) is 0 Å². The van der Waals surface area contributed by atoms with Gasteiger partial charge < -0.3 is 0 Å². The normalized spacial score (nSPS) is 34.5. The lowest BCUT2D eigenvalue weighted by atomic mass is 9.54. The van der Waals surface area contributed by atoms with Gasteiger partial charge in [-0.2, -0.15) is 0 Å². The van der Waals surface area contributed by atoms with Crippen molar-refractivity contribution in [3.63, 3.8) is 0 Å². The van der Waals surface area contributed by atoms with E-state index in [0.717, 1.165) is 11.7 Å². The van der Waals surface area contributed by atoms with Gasteiger partial charge in [-0.25, -0.2) is 0 Å². The van der Waals surface area contributed by atoms with E-state index in [2.05, 4.69) is 42.5 Å². The van der Waals surface area contributed by atoms with Gasteiger partial charge in [0.15, 0.2) is 0 Å². The lowest BCUT2D eigenvalue weighted by Gasteiger charge is -2.45. The topological polar surface area (TPSA) is 0 Å². The van der Waals surface area contributed by atoms with E-state index < -0.39 is 0 Å². The first kappa shape index (κ1) is 11.1. The van der Waals surface area contributed by atoms with E-state index in [4.69, 9.17) is 0 Å². The summed E-state index contributed by atoms with van der Waals surface area (Å²) in [4.78, 5) is 0. The quantitative estimate of drug-likeness (QED) is 0.502. The molecule has 1 aliphatic carbocycles. The molecule has 0 aromatic heterocycles. The van der Waals surface area contributed by atoms with Crippen LogP contribution >= 0.6 is 0 Å². The summed E-state index contributed by atoms with van der Waals surface area (Å²) in [5.41, 5.74) is 1.10. The van der Waals surface area contributed by atoms with Crippen molar-refractivity contribution in [1.29, 1.82) is 0 Å². The van der Waals surface area contributed by atoms with Crippen LogP contribution in [0.5, 0.6) is 0 Å². The molecule has 0 nitrogen and oxygen atoms in total. The first-order chi connectivity index (χ1) is 5.73. The van der Waals surface area contributed by atoms with Crippen LogP contribution < -0.4 is 0 Å². The van der Waals surface area contributed by atoms with E-state index in [1.807, 2.05) is 0 Å². The van der Waals surface area contributed by atoms with Crippen LogP contribution in [-0.2, 0) is 0 Å². The van der Waals surface area contributed by atoms with Crippen molar-refractivity contribution >= 4 is 7.85 Å². The summed E-state index contributed by atoms with van der Waals surface area (Å²) in [6.07, 6.45) is 4.27. The molecule has 2 unspecified atom stereocenters. The summed E-state index contributed by atoms with van der Waals surface area (Å²) in [6.45, 7) is 12.0. The Labute approximate surface area is 84.9 Å². The van der Waals surface area contributed by atoms with Crippen molar-refractivity contribution in [1.82, 2.24) is 0 Å². The van der Waals surface area contributed by atoms with E-state index in [0.29, 0.717) is 10.8 Å². The Kier molecular flexibility index (Phi) is 2.85. The molecule has 1 rings (SSSR count). The van der Waals surface area contributed by atoms with Crippen molar-refractivity contribution in [2.45, 2.75) is 59.7 Å². The third-order valence-corrected chi connectivity index (χ3v) is 4.33. The molecule has 0 spiro atoms. The summed E-state index contributed by atoms with van der Waals surface area (Å²) < 4.78 is 0. The highest BCUT2D eigenvalue weighted by atomic mass is 14.4. The molecular weight excluding hydrogens is 155 g/mol. The summed E-state index contributed by atoms with van der Waals surface area (Å²) in [7, 11) is 2.43. The van der Waals surface area contributed by atoms with Gasteiger partial charge in [-0.05, 0) is 29.6 Å². The molecule has 2 atom stereocenters. The summed E-state index contributed by atoms with van der Waals surface area (Å²) in [6, 6.07) is 0. The highest BCUT2D eigenvalue weighted by Gasteiger charge is 2.37. The van der Waals surface area contributed by atoms with Crippen molar-refractivity contribution in [2.24, 2.45) is 16.7 Å². The molecule has 0 aromatic carbocycles. The zero-order valence-electron chi connectivity index (χ0n) is 10.3. The predicted molar refractivity (Wildman–Crippen MR) is 62.9 cm³/mol. The lowest BCUT2D eigenvalue weighted by Crippen LogP contribution is -2.33. The SMILES string of the molecule is BC1CC(C(C)(C)C)CCC1(C)C. The van der Waals surface area contributed by atoms with Gasteiger partial charge in [-0.15, -0.1) is 0 Å². The summed E-state index contributed by atoms with van der Waals surface area (Å²) in [5.74, 6) is 1.83. The molecule has 0 aliphatic heterocycles. The number of hydrogen-bond donors (Lipinski definition) is 0. The fraction of sp³-hybridized carbons (Fsp3) is 1.00. The standard InChI is InChI=1S/C12H25B/c1-11(2,3)9-6-7-12(4,5)10(13)8-9/h9-10H,6-8,13H2,1-5H3. The minimum Gasteiger partial charge on any atom is -0.0644 e. The zero-order valence-corrected chi connectivity index (χ0v) is 10.3. The van der Waals surface area contributed by atoms with E-state index >= 15 is 0 Å². The second kappa shape index (κ2) is 3.33. The molecule has 0 bridgehead atoms. The van der Waals surface area contributed by atoms with Gasteiger partial charge in [0.05, 0.1) is 0 Å². The van der Waals surface area contributed by atoms with Crippen molar-refractivity contribution < 1.29 is 0 Å². The van der Waals surface area contributed by atoms with Crippen LogP contribution in [0, 0.1) is 16.7 Å². The van der Waals surface area contributed by atoms with Gasteiger partial charge in [0.1, 0.15) is 7.85 Å². The van der Waals surface area contributed by atoms with Crippen LogP contribution in [0.15, 0.2) is 0 Å². The first-order valence-electron chi connectivity index (χ1n) is 5.73. The highest BCUT2D eigenvalue weighted by molar-refractivity contribution is 6.12. The van der Waals surface area contributed by atoms with E-state index in [1.165, 1.54) is 19.3 Å². The van der Waals surface area contributed by atoms with Gasteiger partial charge >= 0.3 is 0 Å². The van der Waals surface area contributed by atoms with Gasteiger partial charge in [0.2, 0.25) is 0 Å². The van der Waals surface area contributed by atoms with E-state index in [-0.39, 0.29) is 0 Å². The fourth-order valence-electron chi connectivity index (χ4n) is 2.44. The maximum Gasteiger partial charge on any atom is 0.106 e. The van der Waals surface area contributed by atoms with Crippen LogP contribution in [0.2, 0.25) is 5.82 Å². The van der Waals surface area contributed by atoms with Gasteiger partial charge in [-0.3, -0.25) is 0 Å². The molecule has 0 N–H and O–H groups in total. The van der Waals surface area contributed by atoms with Crippen LogP contribution in [0.3, 0.4) is 0 Å². The third-order valence-electron chi connectivity index (χ3n) is 4.33. The Morgan fingerprint density at radius 2 is 1.77 bits per heavy atom. The Morgan fingerprint density at radius 1 is 1.23 bits per heavy atom. The van der Waals surface area contributed by atoms with Crippen molar-refractivity contribution in [3.8, 4) is 0 Å². The maximum atomic E-state index is 2.43. The van der Waals surface area contributed by atoms with Gasteiger partial charge in [0, 0.05) is 0 Å². The van der Waals surface area contributed by atoms with E-state index in [1.54, 1.807) is 0 Å². The Bertz CT molecular complexity index is 176. The average Bonchev–Trinajstić information content (AvgIpc) is 1.92. The first-order valence-corrected chi connectivity index (χ1v) is 5.73. The highest BCUT2D eigenvalue weighted by Crippen LogP contribution is 2.49. The van der Waals surface area contributed by atoms with Gasteiger partial charge in [0.25, 0.3) is 0 Å². The summed E-state index contributed by atoms with van der Waals surface area (Å²) in [5, 5.41) is 0. The smallest absolute Gasteiger partial charge is 0.0644 e. The van der Waals surface area contributed by atoms with Crippen LogP contribution in [0.1, 0.15) is 53.9 Å². The van der Waals surface area contributed by atoms with Crippen LogP contribution in [0.25, 0.3) is 0 Å². The molecule has 0 heterocycles. The molecule has 13 heavy (non-hydrogen) atoms. The molecule has 1 saturated carbocycles. The Hall–Kier alpha value is 0.0649. The fourth-order valence-corrected chi connectivity index (χ4v) is 2.44. The molecular formula is C12H25B. The number of rotatable bonds is 0. The monoisotopic (exact) mass is 180 g/mol. The third kappa shape index (κ3) is 2.51. The Morgan fingerprint density at radius 3 is 2.15 bits per heavy atom. The second-order valence-corrected chi connectivity index (χ2v) is 6.73. The van der Waals surface area contributed by atoms with Crippen LogP contribution in [-0.4, -0.2) is 7.85 Å². The molecule has 76 valence electrons. The van der Waals surface area contributed by atoms with Crippen molar-refractivity contribution in [2.75, 3.05) is 0 Å².